The minimum atomic E-state index is 0.629. The van der Waals surface area contributed by atoms with Crippen LogP contribution in [0.25, 0.3) is 0 Å². The molecule has 3 rings (SSSR count). The highest BCUT2D eigenvalue weighted by Gasteiger charge is 2.28. The third-order valence-corrected chi connectivity index (χ3v) is 3.93. The van der Waals surface area contributed by atoms with Gasteiger partial charge in [0.05, 0.1) is 0 Å². The maximum absolute atomic E-state index is 4.59. The minimum absolute atomic E-state index is 0.629. The van der Waals surface area contributed by atoms with Gasteiger partial charge in [-0.3, -0.25) is 0 Å². The Hall–Kier alpha value is -0.960. The third kappa shape index (κ3) is 2.83. The highest BCUT2D eigenvalue weighted by molar-refractivity contribution is 5.10. The zero-order valence-corrected chi connectivity index (χ0v) is 10.6. The van der Waals surface area contributed by atoms with Crippen LogP contribution in [0.15, 0.2) is 12.3 Å². The van der Waals surface area contributed by atoms with Crippen LogP contribution in [0.1, 0.15) is 43.1 Å². The summed E-state index contributed by atoms with van der Waals surface area (Å²) in [4.78, 5) is 11.4. The zero-order valence-electron chi connectivity index (χ0n) is 10.6. The summed E-state index contributed by atoms with van der Waals surface area (Å²) in [5.74, 6) is 2.53. The van der Waals surface area contributed by atoms with Gasteiger partial charge in [-0.25, -0.2) is 9.97 Å². The number of likely N-dealkylation sites (tertiary alicyclic amines) is 1. The fourth-order valence-electron chi connectivity index (χ4n) is 2.83. The van der Waals surface area contributed by atoms with E-state index in [0.29, 0.717) is 5.92 Å². The maximum atomic E-state index is 4.59. The molecule has 1 atom stereocenters. The molecule has 0 N–H and O–H groups in total. The Morgan fingerprint density at radius 2 is 2.24 bits per heavy atom. The van der Waals surface area contributed by atoms with E-state index in [9.17, 15) is 0 Å². The van der Waals surface area contributed by atoms with Crippen LogP contribution in [0, 0.1) is 12.8 Å². The molecular weight excluding hydrogens is 210 g/mol. The van der Waals surface area contributed by atoms with Crippen molar-refractivity contribution in [1.29, 1.82) is 0 Å². The molecule has 1 saturated carbocycles. The second kappa shape index (κ2) is 4.73. The summed E-state index contributed by atoms with van der Waals surface area (Å²) in [6.45, 7) is 5.79. The fourth-order valence-corrected chi connectivity index (χ4v) is 2.83. The Balaban J connectivity index is 1.65. The van der Waals surface area contributed by atoms with Gasteiger partial charge >= 0.3 is 0 Å². The standard InChI is InChI=1S/C14H21N3/c1-11-15-7-6-14(16-11)13-3-2-8-17(10-13)9-12-4-5-12/h6-7,12-13H,2-5,8-10H2,1H3. The molecule has 2 aliphatic rings. The molecule has 3 nitrogen and oxygen atoms in total. The number of hydrogen-bond donors (Lipinski definition) is 0. The molecule has 1 aliphatic heterocycles. The molecule has 1 aromatic heterocycles. The lowest BCUT2D eigenvalue weighted by Crippen LogP contribution is -2.36. The lowest BCUT2D eigenvalue weighted by atomic mass is 9.94. The molecule has 0 radical (unpaired) electrons. The minimum Gasteiger partial charge on any atom is -0.302 e. The number of piperidine rings is 1. The molecule has 92 valence electrons. The zero-order chi connectivity index (χ0) is 11.7. The molecule has 1 aliphatic carbocycles. The first-order valence-electron chi connectivity index (χ1n) is 6.83. The van der Waals surface area contributed by atoms with Gasteiger partial charge in [0.25, 0.3) is 0 Å². The van der Waals surface area contributed by atoms with Crippen molar-refractivity contribution in [3.8, 4) is 0 Å². The average Bonchev–Trinajstić information content (AvgIpc) is 3.13. The molecule has 0 bridgehead atoms. The molecule has 0 aromatic carbocycles. The van der Waals surface area contributed by atoms with E-state index in [-0.39, 0.29) is 0 Å². The number of nitrogens with zero attached hydrogens (tertiary/aromatic N) is 3. The van der Waals surface area contributed by atoms with E-state index in [1.54, 1.807) is 0 Å². The van der Waals surface area contributed by atoms with Gasteiger partial charge in [0.1, 0.15) is 5.82 Å². The van der Waals surface area contributed by atoms with Crippen molar-refractivity contribution < 1.29 is 0 Å². The molecule has 3 heteroatoms. The molecule has 0 spiro atoms. The van der Waals surface area contributed by atoms with Crippen LogP contribution < -0.4 is 0 Å². The van der Waals surface area contributed by atoms with Crippen LogP contribution in [0.5, 0.6) is 0 Å². The first-order chi connectivity index (χ1) is 8.31. The fraction of sp³-hybridized carbons (Fsp3) is 0.714. The van der Waals surface area contributed by atoms with Gasteiger partial charge in [0.2, 0.25) is 0 Å². The van der Waals surface area contributed by atoms with Crippen molar-refractivity contribution in [2.75, 3.05) is 19.6 Å². The van der Waals surface area contributed by atoms with Gasteiger partial charge < -0.3 is 4.90 Å². The van der Waals surface area contributed by atoms with Crippen molar-refractivity contribution in [3.05, 3.63) is 23.8 Å². The largest absolute Gasteiger partial charge is 0.302 e. The van der Waals surface area contributed by atoms with Crippen LogP contribution in [-0.2, 0) is 0 Å². The molecule has 17 heavy (non-hydrogen) atoms. The second-order valence-corrected chi connectivity index (χ2v) is 5.57. The third-order valence-electron chi connectivity index (χ3n) is 3.93. The van der Waals surface area contributed by atoms with Gasteiger partial charge in [-0.15, -0.1) is 0 Å². The van der Waals surface area contributed by atoms with Crippen molar-refractivity contribution in [1.82, 2.24) is 14.9 Å². The van der Waals surface area contributed by atoms with E-state index in [0.717, 1.165) is 11.7 Å². The van der Waals surface area contributed by atoms with Crippen LogP contribution >= 0.6 is 0 Å². The van der Waals surface area contributed by atoms with E-state index in [4.69, 9.17) is 0 Å². The molecule has 1 aromatic rings. The number of rotatable bonds is 3. The van der Waals surface area contributed by atoms with E-state index in [1.807, 2.05) is 13.1 Å². The van der Waals surface area contributed by atoms with E-state index >= 15 is 0 Å². The quantitative estimate of drug-likeness (QED) is 0.799. The summed E-state index contributed by atoms with van der Waals surface area (Å²) >= 11 is 0. The number of aryl methyl sites for hydroxylation is 1. The van der Waals surface area contributed by atoms with Crippen molar-refractivity contribution in [3.63, 3.8) is 0 Å². The topological polar surface area (TPSA) is 29.0 Å². The van der Waals surface area contributed by atoms with E-state index in [2.05, 4.69) is 20.9 Å². The second-order valence-electron chi connectivity index (χ2n) is 5.57. The van der Waals surface area contributed by atoms with Crippen LogP contribution in [-0.4, -0.2) is 34.5 Å². The van der Waals surface area contributed by atoms with Gasteiger partial charge in [0, 0.05) is 30.9 Å². The summed E-state index contributed by atoms with van der Waals surface area (Å²) in [6, 6.07) is 2.10. The molecule has 1 unspecified atom stereocenters. The molecule has 1 saturated heterocycles. The molecule has 2 heterocycles. The Morgan fingerprint density at radius 3 is 3.00 bits per heavy atom. The van der Waals surface area contributed by atoms with Gasteiger partial charge in [-0.2, -0.15) is 0 Å². The highest BCUT2D eigenvalue weighted by atomic mass is 15.1. The first kappa shape index (κ1) is 11.1. The SMILES string of the molecule is Cc1nccc(C2CCCN(CC3CC3)C2)n1. The van der Waals surface area contributed by atoms with E-state index in [1.165, 1.54) is 51.0 Å². The van der Waals surface area contributed by atoms with Gasteiger partial charge in [-0.05, 0) is 51.1 Å². The Kier molecular flexibility index (Phi) is 3.10. The van der Waals surface area contributed by atoms with Crippen molar-refractivity contribution in [2.24, 2.45) is 5.92 Å². The molecule has 0 amide bonds. The Bertz CT molecular complexity index is 387. The van der Waals surface area contributed by atoms with Crippen molar-refractivity contribution in [2.45, 2.75) is 38.5 Å². The summed E-state index contributed by atoms with van der Waals surface area (Å²) in [7, 11) is 0. The normalized spacial score (nSPS) is 26.1. The summed E-state index contributed by atoms with van der Waals surface area (Å²) in [6.07, 6.45) is 7.41. The first-order valence-corrected chi connectivity index (χ1v) is 6.83. The van der Waals surface area contributed by atoms with E-state index < -0.39 is 0 Å². The molecular formula is C14H21N3. The van der Waals surface area contributed by atoms with Gasteiger partial charge in [0.15, 0.2) is 0 Å². The summed E-state index contributed by atoms with van der Waals surface area (Å²) < 4.78 is 0. The Labute approximate surface area is 103 Å². The van der Waals surface area contributed by atoms with Crippen molar-refractivity contribution >= 4 is 0 Å². The van der Waals surface area contributed by atoms with Gasteiger partial charge in [-0.1, -0.05) is 0 Å². The Morgan fingerprint density at radius 1 is 1.35 bits per heavy atom. The predicted octanol–water partition coefficient (Wildman–Crippen LogP) is 2.37. The summed E-state index contributed by atoms with van der Waals surface area (Å²) in [5.41, 5.74) is 1.25. The van der Waals surface area contributed by atoms with Crippen LogP contribution in [0.2, 0.25) is 0 Å². The monoisotopic (exact) mass is 231 g/mol. The average molecular weight is 231 g/mol. The number of hydrogen-bond acceptors (Lipinski definition) is 3. The smallest absolute Gasteiger partial charge is 0.125 e. The lowest BCUT2D eigenvalue weighted by molar-refractivity contribution is 0.198. The predicted molar refractivity (Wildman–Crippen MR) is 67.9 cm³/mol. The summed E-state index contributed by atoms with van der Waals surface area (Å²) in [5, 5.41) is 0. The number of aromatic nitrogens is 2. The van der Waals surface area contributed by atoms with Crippen LogP contribution in [0.4, 0.5) is 0 Å². The molecule has 2 fully saturated rings. The maximum Gasteiger partial charge on any atom is 0.125 e. The lowest BCUT2D eigenvalue weighted by Gasteiger charge is -2.32. The van der Waals surface area contributed by atoms with Crippen LogP contribution in [0.3, 0.4) is 0 Å². The highest BCUT2D eigenvalue weighted by Crippen LogP contribution is 2.32.